The molecule has 0 aromatic carbocycles. The van der Waals surface area contributed by atoms with Gasteiger partial charge < -0.3 is 6.08 Å². The van der Waals surface area contributed by atoms with E-state index in [1.807, 2.05) is 0 Å². The van der Waals surface area contributed by atoms with Gasteiger partial charge in [-0.15, -0.1) is 0 Å². The number of allylic oxidation sites excluding steroid dienone is 2. The standard InChI is InChI=1S/C11H19.W/c1-8(2)10-6-5-7-11(10)9(3)4;/h8-10H,5-6H2,1-4H3;/q-1;. The molecule has 1 aliphatic carbocycles. The van der Waals surface area contributed by atoms with Crippen LogP contribution < -0.4 is 0 Å². The van der Waals surface area contributed by atoms with Crippen LogP contribution in [0.1, 0.15) is 40.5 Å². The smallest absolute Gasteiger partial charge is 0 e. The van der Waals surface area contributed by atoms with Gasteiger partial charge in [0.25, 0.3) is 0 Å². The van der Waals surface area contributed by atoms with Crippen LogP contribution in [0.15, 0.2) is 5.57 Å². The molecule has 0 N–H and O–H groups in total. The predicted molar refractivity (Wildman–Crippen MR) is 49.2 cm³/mol. The first kappa shape index (κ1) is 12.4. The summed E-state index contributed by atoms with van der Waals surface area (Å²) in [5, 5.41) is 0. The molecule has 0 fully saturated rings. The zero-order valence-corrected chi connectivity index (χ0v) is 11.5. The average Bonchev–Trinajstić information content (AvgIpc) is 2.32. The molecule has 1 unspecified atom stereocenters. The van der Waals surface area contributed by atoms with Crippen LogP contribution in [0, 0.1) is 23.8 Å². The molecule has 0 bridgehead atoms. The maximum absolute atomic E-state index is 3.50. The van der Waals surface area contributed by atoms with Gasteiger partial charge in [-0.3, -0.25) is 0 Å². The van der Waals surface area contributed by atoms with Crippen molar-refractivity contribution in [2.45, 2.75) is 40.5 Å². The Balaban J connectivity index is 0.00000121. The summed E-state index contributed by atoms with van der Waals surface area (Å²) in [5.41, 5.74) is 1.58. The summed E-state index contributed by atoms with van der Waals surface area (Å²) in [6, 6.07) is 0. The van der Waals surface area contributed by atoms with E-state index in [4.69, 9.17) is 0 Å². The molecule has 0 spiro atoms. The molecular weight excluding hydrogens is 316 g/mol. The van der Waals surface area contributed by atoms with Gasteiger partial charge in [-0.25, -0.2) is 5.57 Å². The quantitative estimate of drug-likeness (QED) is 0.679. The molecular formula is C11H19W-. The molecule has 1 rings (SSSR count). The SMILES string of the molecule is CC(C)C1=[C-]CCC1C(C)C.[W]. The van der Waals surface area contributed by atoms with Crippen molar-refractivity contribution < 1.29 is 21.1 Å². The van der Waals surface area contributed by atoms with Crippen LogP contribution in [0.3, 0.4) is 0 Å². The van der Waals surface area contributed by atoms with E-state index in [9.17, 15) is 0 Å². The Morgan fingerprint density at radius 1 is 1.25 bits per heavy atom. The van der Waals surface area contributed by atoms with E-state index >= 15 is 0 Å². The van der Waals surface area contributed by atoms with E-state index in [1.165, 1.54) is 12.8 Å². The summed E-state index contributed by atoms with van der Waals surface area (Å²) in [5.74, 6) is 2.35. The summed E-state index contributed by atoms with van der Waals surface area (Å²) in [7, 11) is 0. The van der Waals surface area contributed by atoms with Crippen molar-refractivity contribution in [3.63, 3.8) is 0 Å². The maximum atomic E-state index is 3.50. The van der Waals surface area contributed by atoms with Crippen molar-refractivity contribution >= 4 is 0 Å². The van der Waals surface area contributed by atoms with Crippen LogP contribution in [-0.2, 0) is 21.1 Å². The van der Waals surface area contributed by atoms with Gasteiger partial charge >= 0.3 is 0 Å². The largest absolute Gasteiger partial charge is 0.497 e. The molecule has 0 aliphatic heterocycles. The monoisotopic (exact) mass is 335 g/mol. The van der Waals surface area contributed by atoms with Crippen LogP contribution in [-0.4, -0.2) is 0 Å². The zero-order valence-electron chi connectivity index (χ0n) is 8.55. The fourth-order valence-electron chi connectivity index (χ4n) is 1.98. The molecule has 0 aromatic heterocycles. The molecule has 0 saturated heterocycles. The molecule has 0 nitrogen and oxygen atoms in total. The van der Waals surface area contributed by atoms with Crippen LogP contribution in [0.2, 0.25) is 0 Å². The Morgan fingerprint density at radius 2 is 1.83 bits per heavy atom. The van der Waals surface area contributed by atoms with Crippen molar-refractivity contribution in [2.24, 2.45) is 17.8 Å². The normalized spacial score (nSPS) is 22.8. The summed E-state index contributed by atoms with van der Waals surface area (Å²) < 4.78 is 0. The number of rotatable bonds is 2. The minimum absolute atomic E-state index is 0. The number of hydrogen-bond donors (Lipinski definition) is 0. The van der Waals surface area contributed by atoms with E-state index in [1.54, 1.807) is 5.57 Å². The molecule has 0 aromatic rings. The second-order valence-electron chi connectivity index (χ2n) is 4.18. The minimum atomic E-state index is 0. The van der Waals surface area contributed by atoms with Crippen molar-refractivity contribution in [1.82, 2.24) is 0 Å². The predicted octanol–water partition coefficient (Wildman–Crippen LogP) is 3.44. The molecule has 1 aliphatic rings. The summed E-state index contributed by atoms with van der Waals surface area (Å²) in [6.45, 7) is 9.20. The van der Waals surface area contributed by atoms with E-state index in [-0.39, 0.29) is 21.1 Å². The van der Waals surface area contributed by atoms with Gasteiger partial charge in [0.2, 0.25) is 0 Å². The second kappa shape index (κ2) is 5.22. The summed E-state index contributed by atoms with van der Waals surface area (Å²) in [6.07, 6.45) is 6.03. The van der Waals surface area contributed by atoms with Gasteiger partial charge in [-0.1, -0.05) is 46.0 Å². The third-order valence-electron chi connectivity index (χ3n) is 2.61. The van der Waals surface area contributed by atoms with Crippen LogP contribution in [0.4, 0.5) is 0 Å². The molecule has 12 heavy (non-hydrogen) atoms. The molecule has 1 atom stereocenters. The fraction of sp³-hybridized carbons (Fsp3) is 0.818. The minimum Gasteiger partial charge on any atom is -0.497 e. The summed E-state index contributed by atoms with van der Waals surface area (Å²) >= 11 is 0. The third kappa shape index (κ3) is 2.73. The topological polar surface area (TPSA) is 0 Å². The van der Waals surface area contributed by atoms with Gasteiger partial charge in [0, 0.05) is 21.1 Å². The van der Waals surface area contributed by atoms with E-state index in [0.29, 0.717) is 5.92 Å². The first-order valence-corrected chi connectivity index (χ1v) is 4.73. The van der Waals surface area contributed by atoms with Gasteiger partial charge in [-0.2, -0.15) is 6.42 Å². The van der Waals surface area contributed by atoms with Crippen LogP contribution in [0.5, 0.6) is 0 Å². The summed E-state index contributed by atoms with van der Waals surface area (Å²) in [4.78, 5) is 0. The molecule has 0 radical (unpaired) electrons. The number of hydrogen-bond acceptors (Lipinski definition) is 0. The fourth-order valence-corrected chi connectivity index (χ4v) is 1.98. The second-order valence-corrected chi connectivity index (χ2v) is 4.18. The first-order chi connectivity index (χ1) is 5.13. The van der Waals surface area contributed by atoms with Crippen LogP contribution in [0.25, 0.3) is 0 Å². The van der Waals surface area contributed by atoms with Gasteiger partial charge in [0.15, 0.2) is 0 Å². The Labute approximate surface area is 91.1 Å². The molecule has 1 heteroatoms. The molecule has 0 amide bonds. The van der Waals surface area contributed by atoms with Crippen molar-refractivity contribution in [3.8, 4) is 0 Å². The molecule has 0 heterocycles. The first-order valence-electron chi connectivity index (χ1n) is 4.73. The van der Waals surface area contributed by atoms with Gasteiger partial charge in [-0.05, 0) is 5.92 Å². The molecule has 0 saturated carbocycles. The average molecular weight is 335 g/mol. The van der Waals surface area contributed by atoms with Gasteiger partial charge in [0.05, 0.1) is 0 Å². The Bertz CT molecular complexity index is 156. The van der Waals surface area contributed by atoms with E-state index in [0.717, 1.165) is 11.8 Å². The van der Waals surface area contributed by atoms with Gasteiger partial charge in [0.1, 0.15) is 0 Å². The zero-order chi connectivity index (χ0) is 8.43. The van der Waals surface area contributed by atoms with Crippen molar-refractivity contribution in [2.75, 3.05) is 0 Å². The third-order valence-corrected chi connectivity index (χ3v) is 2.61. The Kier molecular flexibility index (Phi) is 5.41. The van der Waals surface area contributed by atoms with E-state index < -0.39 is 0 Å². The van der Waals surface area contributed by atoms with Crippen LogP contribution >= 0.6 is 0 Å². The Morgan fingerprint density at radius 3 is 2.17 bits per heavy atom. The van der Waals surface area contributed by atoms with E-state index in [2.05, 4.69) is 33.8 Å². The Hall–Kier alpha value is 0.428. The molecule has 70 valence electrons. The maximum Gasteiger partial charge on any atom is 0 e. The van der Waals surface area contributed by atoms with Crippen molar-refractivity contribution in [1.29, 1.82) is 0 Å². The van der Waals surface area contributed by atoms with Crippen molar-refractivity contribution in [3.05, 3.63) is 11.6 Å².